The standard InChI is InChI=1S/C15H19NO4/c1-11(20-13-7-3-2-4-8-13)14(17)16-9-5-6-12(10-16)15(18)19/h2-4,7-8,11-12H,5-6,9-10H2,1H3,(H,18,19)/t11-,12+/m1/s1. The molecule has 1 aliphatic heterocycles. The molecule has 0 aromatic heterocycles. The smallest absolute Gasteiger partial charge is 0.308 e. The number of piperidine rings is 1. The minimum absolute atomic E-state index is 0.153. The van der Waals surface area contributed by atoms with Gasteiger partial charge in [-0.05, 0) is 31.9 Å². The Bertz CT molecular complexity index is 474. The molecule has 1 N–H and O–H groups in total. The number of aliphatic carboxylic acids is 1. The van der Waals surface area contributed by atoms with Gasteiger partial charge in [0.25, 0.3) is 5.91 Å². The molecule has 1 heterocycles. The van der Waals surface area contributed by atoms with Gasteiger partial charge in [0, 0.05) is 13.1 Å². The Kier molecular flexibility index (Phi) is 4.61. The average Bonchev–Trinajstić information content (AvgIpc) is 2.47. The van der Waals surface area contributed by atoms with Crippen LogP contribution in [0.3, 0.4) is 0 Å². The van der Waals surface area contributed by atoms with Crippen LogP contribution in [0.5, 0.6) is 5.75 Å². The largest absolute Gasteiger partial charge is 0.481 e. The van der Waals surface area contributed by atoms with E-state index in [1.165, 1.54) is 0 Å². The van der Waals surface area contributed by atoms with Gasteiger partial charge in [-0.2, -0.15) is 0 Å². The van der Waals surface area contributed by atoms with Crippen molar-refractivity contribution >= 4 is 11.9 Å². The molecule has 1 saturated heterocycles. The summed E-state index contributed by atoms with van der Waals surface area (Å²) in [7, 11) is 0. The third-order valence-electron chi connectivity index (χ3n) is 3.49. The fourth-order valence-corrected chi connectivity index (χ4v) is 2.39. The molecule has 1 aliphatic rings. The van der Waals surface area contributed by atoms with Crippen molar-refractivity contribution < 1.29 is 19.4 Å². The highest BCUT2D eigenvalue weighted by Crippen LogP contribution is 2.19. The first-order valence-corrected chi connectivity index (χ1v) is 6.81. The summed E-state index contributed by atoms with van der Waals surface area (Å²) >= 11 is 0. The van der Waals surface area contributed by atoms with Crippen molar-refractivity contribution in [3.63, 3.8) is 0 Å². The molecular weight excluding hydrogens is 258 g/mol. The van der Waals surface area contributed by atoms with E-state index in [0.717, 1.165) is 6.42 Å². The number of benzene rings is 1. The van der Waals surface area contributed by atoms with Gasteiger partial charge in [0.15, 0.2) is 6.10 Å². The van der Waals surface area contributed by atoms with Gasteiger partial charge in [-0.1, -0.05) is 18.2 Å². The van der Waals surface area contributed by atoms with Gasteiger partial charge in [0.1, 0.15) is 5.75 Å². The summed E-state index contributed by atoms with van der Waals surface area (Å²) in [5.74, 6) is -0.810. The van der Waals surface area contributed by atoms with Gasteiger partial charge in [-0.15, -0.1) is 0 Å². The first-order chi connectivity index (χ1) is 9.58. The normalized spacial score (nSPS) is 20.2. The molecule has 0 aliphatic carbocycles. The first-order valence-electron chi connectivity index (χ1n) is 6.81. The van der Waals surface area contributed by atoms with Gasteiger partial charge in [-0.25, -0.2) is 0 Å². The quantitative estimate of drug-likeness (QED) is 0.911. The Hall–Kier alpha value is -2.04. The van der Waals surface area contributed by atoms with Crippen molar-refractivity contribution in [3.8, 4) is 5.75 Å². The number of carbonyl (C=O) groups excluding carboxylic acids is 1. The molecule has 5 heteroatoms. The average molecular weight is 277 g/mol. The van der Waals surface area contributed by atoms with Crippen molar-refractivity contribution in [2.45, 2.75) is 25.9 Å². The fourth-order valence-electron chi connectivity index (χ4n) is 2.39. The van der Waals surface area contributed by atoms with Crippen LogP contribution in [0, 0.1) is 5.92 Å². The molecular formula is C15H19NO4. The second-order valence-corrected chi connectivity index (χ2v) is 5.03. The number of hydrogen-bond acceptors (Lipinski definition) is 3. The number of hydrogen-bond donors (Lipinski definition) is 1. The molecule has 1 fully saturated rings. The fraction of sp³-hybridized carbons (Fsp3) is 0.467. The lowest BCUT2D eigenvalue weighted by atomic mass is 9.98. The van der Waals surface area contributed by atoms with Crippen LogP contribution in [0.1, 0.15) is 19.8 Å². The number of amides is 1. The highest BCUT2D eigenvalue weighted by Gasteiger charge is 2.30. The number of likely N-dealkylation sites (tertiary alicyclic amines) is 1. The summed E-state index contributed by atoms with van der Waals surface area (Å²) in [5.41, 5.74) is 0. The van der Waals surface area contributed by atoms with Crippen molar-refractivity contribution in [3.05, 3.63) is 30.3 Å². The number of carboxylic acid groups (broad SMARTS) is 1. The number of rotatable bonds is 4. The Morgan fingerprint density at radius 3 is 2.70 bits per heavy atom. The molecule has 0 bridgehead atoms. The third kappa shape index (κ3) is 3.50. The summed E-state index contributed by atoms with van der Waals surface area (Å²) in [4.78, 5) is 24.9. The lowest BCUT2D eigenvalue weighted by molar-refractivity contribution is -0.147. The van der Waals surface area contributed by atoms with E-state index in [9.17, 15) is 9.59 Å². The van der Waals surface area contributed by atoms with Gasteiger partial charge in [-0.3, -0.25) is 9.59 Å². The topological polar surface area (TPSA) is 66.8 Å². The monoisotopic (exact) mass is 277 g/mol. The molecule has 2 rings (SSSR count). The molecule has 2 atom stereocenters. The van der Waals surface area contributed by atoms with Gasteiger partial charge in [0.05, 0.1) is 5.92 Å². The van der Waals surface area contributed by atoms with Crippen molar-refractivity contribution in [2.75, 3.05) is 13.1 Å². The predicted molar refractivity (Wildman–Crippen MR) is 73.5 cm³/mol. The van der Waals surface area contributed by atoms with E-state index in [4.69, 9.17) is 9.84 Å². The zero-order valence-corrected chi connectivity index (χ0v) is 11.5. The highest BCUT2D eigenvalue weighted by atomic mass is 16.5. The molecule has 0 unspecified atom stereocenters. The predicted octanol–water partition coefficient (Wildman–Crippen LogP) is 1.78. The minimum Gasteiger partial charge on any atom is -0.481 e. The Balaban J connectivity index is 1.94. The molecule has 20 heavy (non-hydrogen) atoms. The molecule has 1 amide bonds. The second-order valence-electron chi connectivity index (χ2n) is 5.03. The van der Waals surface area contributed by atoms with Gasteiger partial charge >= 0.3 is 5.97 Å². The van der Waals surface area contributed by atoms with Crippen LogP contribution in [-0.4, -0.2) is 41.1 Å². The summed E-state index contributed by atoms with van der Waals surface area (Å²) in [6, 6.07) is 9.14. The summed E-state index contributed by atoms with van der Waals surface area (Å²) in [5, 5.41) is 9.04. The number of ether oxygens (including phenoxy) is 1. The van der Waals surface area contributed by atoms with Crippen molar-refractivity contribution in [1.29, 1.82) is 0 Å². The highest BCUT2D eigenvalue weighted by molar-refractivity contribution is 5.82. The maximum Gasteiger partial charge on any atom is 0.308 e. The lowest BCUT2D eigenvalue weighted by Crippen LogP contribution is -2.47. The van der Waals surface area contributed by atoms with E-state index < -0.39 is 18.0 Å². The number of carbonyl (C=O) groups is 2. The zero-order chi connectivity index (χ0) is 14.5. The first kappa shape index (κ1) is 14.4. The number of carboxylic acids is 1. The summed E-state index contributed by atoms with van der Waals surface area (Å²) in [6.07, 6.45) is 0.748. The molecule has 0 radical (unpaired) electrons. The van der Waals surface area contributed by atoms with Crippen LogP contribution >= 0.6 is 0 Å². The van der Waals surface area contributed by atoms with Gasteiger partial charge < -0.3 is 14.7 Å². The molecule has 1 aromatic rings. The minimum atomic E-state index is -0.834. The number of para-hydroxylation sites is 1. The number of nitrogens with zero attached hydrogens (tertiary/aromatic N) is 1. The van der Waals surface area contributed by atoms with Crippen LogP contribution in [0.25, 0.3) is 0 Å². The van der Waals surface area contributed by atoms with Crippen LogP contribution in [0.2, 0.25) is 0 Å². The van der Waals surface area contributed by atoms with E-state index in [0.29, 0.717) is 18.7 Å². The Morgan fingerprint density at radius 1 is 1.35 bits per heavy atom. The molecule has 1 aromatic carbocycles. The molecule has 108 valence electrons. The molecule has 5 nitrogen and oxygen atoms in total. The van der Waals surface area contributed by atoms with Crippen LogP contribution in [0.4, 0.5) is 0 Å². The van der Waals surface area contributed by atoms with Crippen LogP contribution < -0.4 is 4.74 Å². The molecule has 0 saturated carbocycles. The van der Waals surface area contributed by atoms with E-state index in [-0.39, 0.29) is 12.5 Å². The van der Waals surface area contributed by atoms with Crippen LogP contribution in [0.15, 0.2) is 30.3 Å². The summed E-state index contributed by atoms with van der Waals surface area (Å²) < 4.78 is 5.59. The van der Waals surface area contributed by atoms with Crippen molar-refractivity contribution in [1.82, 2.24) is 4.90 Å². The maximum atomic E-state index is 12.3. The van der Waals surface area contributed by atoms with Gasteiger partial charge in [0.2, 0.25) is 0 Å². The second kappa shape index (κ2) is 6.41. The van der Waals surface area contributed by atoms with Crippen molar-refractivity contribution in [2.24, 2.45) is 5.92 Å². The van der Waals surface area contributed by atoms with Crippen LogP contribution in [-0.2, 0) is 9.59 Å². The SMILES string of the molecule is C[C@@H](Oc1ccccc1)C(=O)N1CCC[C@H](C(=O)O)C1. The summed E-state index contributed by atoms with van der Waals surface area (Å²) in [6.45, 7) is 2.57. The van der Waals surface area contributed by atoms with E-state index in [1.54, 1.807) is 24.0 Å². The maximum absolute atomic E-state index is 12.3. The third-order valence-corrected chi connectivity index (χ3v) is 3.49. The lowest BCUT2D eigenvalue weighted by Gasteiger charge is -2.32. The zero-order valence-electron chi connectivity index (χ0n) is 11.5. The van der Waals surface area contributed by atoms with E-state index >= 15 is 0 Å². The Morgan fingerprint density at radius 2 is 2.05 bits per heavy atom. The Labute approximate surface area is 118 Å². The molecule has 0 spiro atoms. The van der Waals surface area contributed by atoms with E-state index in [1.807, 2.05) is 18.2 Å². The van der Waals surface area contributed by atoms with E-state index in [2.05, 4.69) is 0 Å².